The highest BCUT2D eigenvalue weighted by molar-refractivity contribution is 6.30. The van der Waals surface area contributed by atoms with Crippen molar-refractivity contribution in [2.45, 2.75) is 13.3 Å². The van der Waals surface area contributed by atoms with Crippen LogP contribution in [0.15, 0.2) is 60.7 Å². The van der Waals surface area contributed by atoms with E-state index < -0.39 is 0 Å². The molecule has 26 heavy (non-hydrogen) atoms. The van der Waals surface area contributed by atoms with Gasteiger partial charge in [0.05, 0.1) is 11.4 Å². The van der Waals surface area contributed by atoms with Crippen LogP contribution in [0.3, 0.4) is 0 Å². The molecule has 3 nitrogen and oxygen atoms in total. The Hall–Kier alpha value is -2.78. The standard InChI is InChI=1S/C22H18ClN3/c1-14-6-9-18(23)13-20(14)26-22-19(10-11-24-22)21(25-26)17-8-7-15-4-2-3-5-16(15)12-17/h2-9,12-13,24H,10-11H2,1H3. The Morgan fingerprint density at radius 1 is 1.00 bits per heavy atom. The Balaban J connectivity index is 1.72. The van der Waals surface area contributed by atoms with Crippen LogP contribution in [-0.4, -0.2) is 16.3 Å². The smallest absolute Gasteiger partial charge is 0.133 e. The first-order valence-electron chi connectivity index (χ1n) is 8.82. The Kier molecular flexibility index (Phi) is 3.50. The quantitative estimate of drug-likeness (QED) is 0.503. The summed E-state index contributed by atoms with van der Waals surface area (Å²) in [6.45, 7) is 3.03. The Morgan fingerprint density at radius 2 is 1.85 bits per heavy atom. The van der Waals surface area contributed by atoms with Gasteiger partial charge in [0.2, 0.25) is 0 Å². The van der Waals surface area contributed by atoms with E-state index in [1.54, 1.807) is 0 Å². The summed E-state index contributed by atoms with van der Waals surface area (Å²) in [6, 6.07) is 20.9. The number of benzene rings is 3. The zero-order valence-corrected chi connectivity index (χ0v) is 15.2. The number of hydrogen-bond acceptors (Lipinski definition) is 2. The SMILES string of the molecule is Cc1ccc(Cl)cc1-n1nc(-c2ccc3ccccc3c2)c2c1NCC2. The fourth-order valence-corrected chi connectivity index (χ4v) is 3.89. The lowest BCUT2D eigenvalue weighted by Gasteiger charge is -2.10. The summed E-state index contributed by atoms with van der Waals surface area (Å²) >= 11 is 6.25. The second-order valence-corrected chi connectivity index (χ2v) is 7.19. The van der Waals surface area contributed by atoms with Crippen molar-refractivity contribution in [2.75, 3.05) is 11.9 Å². The van der Waals surface area contributed by atoms with Crippen LogP contribution in [-0.2, 0) is 6.42 Å². The molecule has 0 saturated heterocycles. The lowest BCUT2D eigenvalue weighted by atomic mass is 10.0. The van der Waals surface area contributed by atoms with Crippen molar-refractivity contribution in [3.05, 3.63) is 76.8 Å². The molecule has 3 aromatic carbocycles. The first-order valence-corrected chi connectivity index (χ1v) is 9.20. The summed E-state index contributed by atoms with van der Waals surface area (Å²) < 4.78 is 2.01. The Morgan fingerprint density at radius 3 is 2.73 bits per heavy atom. The first-order chi connectivity index (χ1) is 12.7. The molecular formula is C22H18ClN3. The van der Waals surface area contributed by atoms with Crippen molar-refractivity contribution in [1.82, 2.24) is 9.78 Å². The molecule has 5 rings (SSSR count). The van der Waals surface area contributed by atoms with E-state index in [0.717, 1.165) is 46.3 Å². The molecule has 0 bridgehead atoms. The number of nitrogens with one attached hydrogen (secondary N) is 1. The van der Waals surface area contributed by atoms with E-state index in [-0.39, 0.29) is 0 Å². The first kappa shape index (κ1) is 15.5. The monoisotopic (exact) mass is 359 g/mol. The molecule has 1 aliphatic rings. The lowest BCUT2D eigenvalue weighted by Crippen LogP contribution is -2.05. The van der Waals surface area contributed by atoms with Crippen molar-refractivity contribution in [2.24, 2.45) is 0 Å². The van der Waals surface area contributed by atoms with Crippen molar-refractivity contribution in [1.29, 1.82) is 0 Å². The second kappa shape index (κ2) is 5.89. The zero-order valence-electron chi connectivity index (χ0n) is 14.5. The topological polar surface area (TPSA) is 29.9 Å². The summed E-state index contributed by atoms with van der Waals surface area (Å²) in [6.07, 6.45) is 0.983. The van der Waals surface area contributed by atoms with Crippen molar-refractivity contribution in [3.63, 3.8) is 0 Å². The van der Waals surface area contributed by atoms with Gasteiger partial charge in [-0.2, -0.15) is 5.10 Å². The summed E-state index contributed by atoms with van der Waals surface area (Å²) in [4.78, 5) is 0. The molecule has 0 fully saturated rings. The molecule has 1 N–H and O–H groups in total. The number of anilines is 1. The highest BCUT2D eigenvalue weighted by Crippen LogP contribution is 2.36. The van der Waals surface area contributed by atoms with Gasteiger partial charge >= 0.3 is 0 Å². The average molecular weight is 360 g/mol. The summed E-state index contributed by atoms with van der Waals surface area (Å²) in [5, 5.41) is 11.7. The molecular weight excluding hydrogens is 342 g/mol. The summed E-state index contributed by atoms with van der Waals surface area (Å²) in [5.41, 5.74) is 5.66. The fraction of sp³-hybridized carbons (Fsp3) is 0.136. The minimum absolute atomic E-state index is 0.722. The van der Waals surface area contributed by atoms with Crippen molar-refractivity contribution >= 4 is 28.2 Å². The van der Waals surface area contributed by atoms with Gasteiger partial charge in [-0.25, -0.2) is 4.68 Å². The number of hydrogen-bond donors (Lipinski definition) is 1. The largest absolute Gasteiger partial charge is 0.369 e. The minimum Gasteiger partial charge on any atom is -0.369 e. The van der Waals surface area contributed by atoms with E-state index in [1.807, 2.05) is 22.9 Å². The van der Waals surface area contributed by atoms with E-state index in [2.05, 4.69) is 54.7 Å². The highest BCUT2D eigenvalue weighted by Gasteiger charge is 2.24. The highest BCUT2D eigenvalue weighted by atomic mass is 35.5. The Bertz CT molecular complexity index is 1140. The van der Waals surface area contributed by atoms with Crippen LogP contribution in [0.25, 0.3) is 27.7 Å². The minimum atomic E-state index is 0.722. The number of nitrogens with zero attached hydrogens (tertiary/aromatic N) is 2. The third-order valence-corrected chi connectivity index (χ3v) is 5.31. The normalized spacial score (nSPS) is 13.0. The summed E-state index contributed by atoms with van der Waals surface area (Å²) in [5.74, 6) is 1.08. The van der Waals surface area contributed by atoms with E-state index in [9.17, 15) is 0 Å². The molecule has 0 spiro atoms. The van der Waals surface area contributed by atoms with Crippen LogP contribution >= 0.6 is 11.6 Å². The molecule has 0 aliphatic carbocycles. The van der Waals surface area contributed by atoms with E-state index in [4.69, 9.17) is 16.7 Å². The second-order valence-electron chi connectivity index (χ2n) is 6.76. The number of halogens is 1. The molecule has 128 valence electrons. The molecule has 0 radical (unpaired) electrons. The van der Waals surface area contributed by atoms with E-state index >= 15 is 0 Å². The third kappa shape index (κ3) is 2.39. The lowest BCUT2D eigenvalue weighted by molar-refractivity contribution is 0.875. The predicted octanol–water partition coefficient (Wildman–Crippen LogP) is 5.62. The van der Waals surface area contributed by atoms with Gasteiger partial charge in [0.25, 0.3) is 0 Å². The maximum absolute atomic E-state index is 6.25. The molecule has 4 aromatic rings. The summed E-state index contributed by atoms with van der Waals surface area (Å²) in [7, 11) is 0. The van der Waals surface area contributed by atoms with Gasteiger partial charge in [-0.05, 0) is 47.9 Å². The number of fused-ring (bicyclic) bond motifs is 2. The predicted molar refractivity (Wildman–Crippen MR) is 108 cm³/mol. The molecule has 0 amide bonds. The molecule has 2 heterocycles. The van der Waals surface area contributed by atoms with Crippen LogP contribution in [0, 0.1) is 6.92 Å². The Labute approximate surface area is 157 Å². The van der Waals surface area contributed by atoms with Crippen LogP contribution in [0.1, 0.15) is 11.1 Å². The van der Waals surface area contributed by atoms with Crippen LogP contribution in [0.4, 0.5) is 5.82 Å². The van der Waals surface area contributed by atoms with Gasteiger partial charge in [0.15, 0.2) is 0 Å². The molecule has 1 aromatic heterocycles. The van der Waals surface area contributed by atoms with Gasteiger partial charge in [-0.1, -0.05) is 54.1 Å². The molecule has 0 unspecified atom stereocenters. The van der Waals surface area contributed by atoms with Crippen molar-refractivity contribution in [3.8, 4) is 16.9 Å². The van der Waals surface area contributed by atoms with Gasteiger partial charge in [0, 0.05) is 22.7 Å². The molecule has 4 heteroatoms. The van der Waals surface area contributed by atoms with Crippen LogP contribution in [0.2, 0.25) is 5.02 Å². The van der Waals surface area contributed by atoms with Crippen molar-refractivity contribution < 1.29 is 0 Å². The maximum atomic E-state index is 6.25. The number of rotatable bonds is 2. The van der Waals surface area contributed by atoms with Crippen LogP contribution < -0.4 is 5.32 Å². The molecule has 0 saturated carbocycles. The molecule has 1 aliphatic heterocycles. The number of aryl methyl sites for hydroxylation is 1. The fourth-order valence-electron chi connectivity index (χ4n) is 3.73. The van der Waals surface area contributed by atoms with E-state index in [0.29, 0.717) is 0 Å². The van der Waals surface area contributed by atoms with Gasteiger partial charge in [-0.3, -0.25) is 0 Å². The number of aromatic nitrogens is 2. The van der Waals surface area contributed by atoms with Gasteiger partial charge in [0.1, 0.15) is 5.82 Å². The van der Waals surface area contributed by atoms with Gasteiger partial charge < -0.3 is 5.32 Å². The van der Waals surface area contributed by atoms with E-state index in [1.165, 1.54) is 16.3 Å². The van der Waals surface area contributed by atoms with Gasteiger partial charge in [-0.15, -0.1) is 0 Å². The van der Waals surface area contributed by atoms with Crippen LogP contribution in [0.5, 0.6) is 0 Å². The molecule has 0 atom stereocenters. The average Bonchev–Trinajstić information content (AvgIpc) is 3.26. The third-order valence-electron chi connectivity index (χ3n) is 5.07. The maximum Gasteiger partial charge on any atom is 0.133 e. The zero-order chi connectivity index (χ0) is 17.7.